The van der Waals surface area contributed by atoms with Gasteiger partial charge < -0.3 is 15.8 Å². The number of carbonyl (C=O) groups excluding carboxylic acids is 1. The van der Waals surface area contributed by atoms with Crippen molar-refractivity contribution in [1.29, 1.82) is 0 Å². The van der Waals surface area contributed by atoms with Crippen molar-refractivity contribution >= 4 is 34.0 Å². The van der Waals surface area contributed by atoms with E-state index in [0.717, 1.165) is 19.3 Å². The van der Waals surface area contributed by atoms with Crippen LogP contribution >= 0.6 is 12.4 Å². The smallest absolute Gasteiger partial charge is 0.241 e. The maximum atomic E-state index is 12.3. The Balaban J connectivity index is 0.00000288. The molecule has 1 atom stereocenters. The maximum absolute atomic E-state index is 12.3. The molecule has 1 aliphatic carbocycles. The molecule has 0 spiro atoms. The van der Waals surface area contributed by atoms with Crippen molar-refractivity contribution in [2.75, 3.05) is 12.4 Å². The summed E-state index contributed by atoms with van der Waals surface area (Å²) in [5, 5.41) is 2.65. The third-order valence-corrected chi connectivity index (χ3v) is 5.09. The summed E-state index contributed by atoms with van der Waals surface area (Å²) in [7, 11) is -2.15. The average Bonchev–Trinajstić information content (AvgIpc) is 3.30. The number of halogens is 1. The van der Waals surface area contributed by atoms with Crippen molar-refractivity contribution in [1.82, 2.24) is 4.72 Å². The highest BCUT2D eigenvalue weighted by molar-refractivity contribution is 7.89. The Bertz CT molecular complexity index is 677. The molecule has 0 saturated heterocycles. The number of benzene rings is 1. The van der Waals surface area contributed by atoms with Gasteiger partial charge in [0.1, 0.15) is 5.75 Å². The monoisotopic (exact) mass is 377 g/mol. The summed E-state index contributed by atoms with van der Waals surface area (Å²) < 4.78 is 32.3. The molecule has 7 nitrogen and oxygen atoms in total. The summed E-state index contributed by atoms with van der Waals surface area (Å²) in [6, 6.07) is 3.72. The van der Waals surface area contributed by atoms with E-state index in [9.17, 15) is 13.2 Å². The van der Waals surface area contributed by atoms with E-state index in [1.165, 1.54) is 25.3 Å². The Kier molecular flexibility index (Phi) is 7.47. The summed E-state index contributed by atoms with van der Waals surface area (Å²) in [5.41, 5.74) is 6.08. The number of hydrogen-bond donors (Lipinski definition) is 3. The van der Waals surface area contributed by atoms with Crippen LogP contribution in [0, 0.1) is 0 Å². The Morgan fingerprint density at radius 2 is 2.08 bits per heavy atom. The molecule has 1 aliphatic rings. The maximum Gasteiger partial charge on any atom is 0.241 e. The number of nitrogens with two attached hydrogens (primary N) is 1. The topological polar surface area (TPSA) is 111 Å². The second-order valence-corrected chi connectivity index (χ2v) is 7.36. The van der Waals surface area contributed by atoms with Gasteiger partial charge in [0, 0.05) is 6.04 Å². The van der Waals surface area contributed by atoms with Crippen LogP contribution in [0.25, 0.3) is 0 Å². The minimum absolute atomic E-state index is 0. The van der Waals surface area contributed by atoms with Crippen LogP contribution in [0.15, 0.2) is 23.1 Å². The van der Waals surface area contributed by atoms with Crippen molar-refractivity contribution in [3.63, 3.8) is 0 Å². The molecule has 0 aromatic heterocycles. The van der Waals surface area contributed by atoms with Gasteiger partial charge in [-0.15, -0.1) is 12.4 Å². The molecule has 1 saturated carbocycles. The summed E-state index contributed by atoms with van der Waals surface area (Å²) in [6.45, 7) is 1.93. The molecule has 9 heteroatoms. The molecule has 2 rings (SSSR count). The lowest BCUT2D eigenvalue weighted by molar-refractivity contribution is -0.117. The van der Waals surface area contributed by atoms with E-state index in [-0.39, 0.29) is 29.3 Å². The minimum Gasteiger partial charge on any atom is -0.495 e. The first-order valence-corrected chi connectivity index (χ1v) is 9.12. The summed E-state index contributed by atoms with van der Waals surface area (Å²) in [4.78, 5) is 12.2. The number of nitrogens with one attached hydrogen (secondary N) is 2. The second-order valence-electron chi connectivity index (χ2n) is 5.64. The van der Waals surface area contributed by atoms with Crippen LogP contribution in [-0.2, 0) is 14.8 Å². The molecular weight excluding hydrogens is 354 g/mol. The van der Waals surface area contributed by atoms with Gasteiger partial charge in [0.2, 0.25) is 15.9 Å². The van der Waals surface area contributed by atoms with Crippen molar-refractivity contribution in [2.45, 2.75) is 49.6 Å². The standard InChI is InChI=1S/C15H23N3O4S.ClH/c1-3-4-12(16)15(19)17-13-9-11(7-8-14(13)22-2)23(20,21)18-10-5-6-10;/h7-10,12,18H,3-6,16H2,1-2H3,(H,17,19);1H. The lowest BCUT2D eigenvalue weighted by atomic mass is 10.1. The fourth-order valence-electron chi connectivity index (χ4n) is 2.11. The van der Waals surface area contributed by atoms with Crippen molar-refractivity contribution < 1.29 is 17.9 Å². The number of carbonyl (C=O) groups is 1. The third-order valence-electron chi connectivity index (χ3n) is 3.57. The number of hydrogen-bond acceptors (Lipinski definition) is 5. The van der Waals surface area contributed by atoms with Gasteiger partial charge in [0.25, 0.3) is 0 Å². The molecule has 1 unspecified atom stereocenters. The molecule has 1 amide bonds. The molecule has 0 bridgehead atoms. The Morgan fingerprint density at radius 1 is 1.42 bits per heavy atom. The number of sulfonamides is 1. The van der Waals surface area contributed by atoms with Crippen molar-refractivity contribution in [3.05, 3.63) is 18.2 Å². The highest BCUT2D eigenvalue weighted by atomic mass is 35.5. The zero-order valence-electron chi connectivity index (χ0n) is 13.7. The predicted octanol–water partition coefficient (Wildman–Crippen LogP) is 1.62. The van der Waals surface area contributed by atoms with Gasteiger partial charge in [-0.3, -0.25) is 4.79 Å². The van der Waals surface area contributed by atoms with E-state index in [1.807, 2.05) is 6.92 Å². The Hall–Kier alpha value is -1.35. The van der Waals surface area contributed by atoms with Crippen LogP contribution in [0.1, 0.15) is 32.6 Å². The number of ether oxygens (including phenoxy) is 1. The number of rotatable bonds is 8. The highest BCUT2D eigenvalue weighted by Gasteiger charge is 2.28. The van der Waals surface area contributed by atoms with Crippen LogP contribution in [0.3, 0.4) is 0 Å². The van der Waals surface area contributed by atoms with E-state index in [0.29, 0.717) is 17.9 Å². The quantitative estimate of drug-likeness (QED) is 0.637. The van der Waals surface area contributed by atoms with Crippen LogP contribution in [0.2, 0.25) is 0 Å². The van der Waals surface area contributed by atoms with E-state index in [1.54, 1.807) is 0 Å². The van der Waals surface area contributed by atoms with Crippen LogP contribution in [0.4, 0.5) is 5.69 Å². The van der Waals surface area contributed by atoms with Gasteiger partial charge in [-0.25, -0.2) is 13.1 Å². The first-order chi connectivity index (χ1) is 10.9. The number of anilines is 1. The van der Waals surface area contributed by atoms with E-state index >= 15 is 0 Å². The fraction of sp³-hybridized carbons (Fsp3) is 0.533. The fourth-order valence-corrected chi connectivity index (χ4v) is 3.44. The second kappa shape index (κ2) is 8.66. The lowest BCUT2D eigenvalue weighted by Crippen LogP contribution is -2.35. The molecule has 0 radical (unpaired) electrons. The summed E-state index contributed by atoms with van der Waals surface area (Å²) in [5.74, 6) is 0.0160. The van der Waals surface area contributed by atoms with Gasteiger partial charge in [-0.2, -0.15) is 0 Å². The van der Waals surface area contributed by atoms with E-state index in [4.69, 9.17) is 10.5 Å². The van der Waals surface area contributed by atoms with Crippen molar-refractivity contribution in [3.8, 4) is 5.75 Å². The van der Waals surface area contributed by atoms with Gasteiger partial charge in [-0.1, -0.05) is 13.3 Å². The first-order valence-electron chi connectivity index (χ1n) is 7.64. The van der Waals surface area contributed by atoms with Crippen LogP contribution < -0.4 is 20.5 Å². The molecule has 24 heavy (non-hydrogen) atoms. The van der Waals surface area contributed by atoms with E-state index < -0.39 is 16.1 Å². The zero-order valence-corrected chi connectivity index (χ0v) is 15.4. The SMILES string of the molecule is CCCC(N)C(=O)Nc1cc(S(=O)(=O)NC2CC2)ccc1OC.Cl. The molecule has 1 aromatic carbocycles. The zero-order chi connectivity index (χ0) is 17.0. The number of amides is 1. The molecule has 1 aromatic rings. The van der Waals surface area contributed by atoms with Crippen LogP contribution in [0.5, 0.6) is 5.75 Å². The summed E-state index contributed by atoms with van der Waals surface area (Å²) >= 11 is 0. The molecule has 1 fully saturated rings. The minimum atomic E-state index is -3.60. The molecule has 136 valence electrons. The highest BCUT2D eigenvalue weighted by Crippen LogP contribution is 2.29. The molecule has 0 heterocycles. The van der Waals surface area contributed by atoms with Gasteiger partial charge in [0.15, 0.2) is 0 Å². The molecule has 4 N–H and O–H groups in total. The first kappa shape index (κ1) is 20.7. The molecular formula is C15H24ClN3O4S. The Morgan fingerprint density at radius 3 is 2.62 bits per heavy atom. The van der Waals surface area contributed by atoms with Gasteiger partial charge in [-0.05, 0) is 37.5 Å². The molecule has 0 aliphatic heterocycles. The van der Waals surface area contributed by atoms with Gasteiger partial charge >= 0.3 is 0 Å². The predicted molar refractivity (Wildman–Crippen MR) is 95.1 cm³/mol. The van der Waals surface area contributed by atoms with Crippen molar-refractivity contribution in [2.24, 2.45) is 5.73 Å². The average molecular weight is 378 g/mol. The normalized spacial score (nSPS) is 15.3. The summed E-state index contributed by atoms with van der Waals surface area (Å²) in [6.07, 6.45) is 3.04. The Labute approximate surface area is 148 Å². The van der Waals surface area contributed by atoms with Crippen LogP contribution in [-0.4, -0.2) is 33.5 Å². The van der Waals surface area contributed by atoms with Gasteiger partial charge in [0.05, 0.1) is 23.7 Å². The lowest BCUT2D eigenvalue weighted by Gasteiger charge is -2.15. The largest absolute Gasteiger partial charge is 0.495 e. The third kappa shape index (κ3) is 5.34. The van der Waals surface area contributed by atoms with E-state index in [2.05, 4.69) is 10.0 Å². The number of methoxy groups -OCH3 is 1.